The van der Waals surface area contributed by atoms with Gasteiger partial charge in [-0.05, 0) is 57.3 Å². The third-order valence-corrected chi connectivity index (χ3v) is 6.21. The SMILES string of the molecule is CCOc1cc2[nH]c(=S)n(CCCC(=O)N[C@H]3CCCC[C@@H]3C)c(=O)c2cc1OCC. The van der Waals surface area contributed by atoms with Crippen molar-refractivity contribution in [3.8, 4) is 11.5 Å². The van der Waals surface area contributed by atoms with Gasteiger partial charge in [0.2, 0.25) is 5.91 Å². The minimum atomic E-state index is -0.191. The van der Waals surface area contributed by atoms with E-state index in [9.17, 15) is 9.59 Å². The standard InChI is InChI=1S/C23H33N3O4S/c1-4-29-19-13-16-18(14-20(19)30-5-2)25-23(31)26(22(16)28)12-8-11-21(27)24-17-10-7-6-9-15(17)3/h13-15,17H,4-12H2,1-3H3,(H,24,27)(H,25,31)/t15-,17-/m0/s1. The van der Waals surface area contributed by atoms with E-state index in [1.54, 1.807) is 12.1 Å². The third kappa shape index (κ3) is 5.67. The van der Waals surface area contributed by atoms with Crippen molar-refractivity contribution in [2.45, 2.75) is 71.9 Å². The van der Waals surface area contributed by atoms with Crippen molar-refractivity contribution < 1.29 is 14.3 Å². The summed E-state index contributed by atoms with van der Waals surface area (Å²) in [5.74, 6) is 1.68. The number of hydrogen-bond donors (Lipinski definition) is 2. The summed E-state index contributed by atoms with van der Waals surface area (Å²) < 4.78 is 13.1. The average molecular weight is 448 g/mol. The Kier molecular flexibility index (Phi) is 8.12. The molecule has 0 saturated heterocycles. The van der Waals surface area contributed by atoms with E-state index < -0.39 is 0 Å². The molecule has 2 aromatic rings. The minimum Gasteiger partial charge on any atom is -0.490 e. The van der Waals surface area contributed by atoms with Crippen LogP contribution >= 0.6 is 12.2 Å². The number of nitrogens with zero attached hydrogens (tertiary/aromatic N) is 1. The summed E-state index contributed by atoms with van der Waals surface area (Å²) in [5, 5.41) is 3.65. The van der Waals surface area contributed by atoms with Gasteiger partial charge in [0.1, 0.15) is 0 Å². The van der Waals surface area contributed by atoms with Crippen molar-refractivity contribution in [1.82, 2.24) is 14.9 Å². The van der Waals surface area contributed by atoms with E-state index in [2.05, 4.69) is 17.2 Å². The molecular weight excluding hydrogens is 414 g/mol. The highest BCUT2D eigenvalue weighted by molar-refractivity contribution is 7.71. The molecule has 1 aliphatic carbocycles. The van der Waals surface area contributed by atoms with Crippen LogP contribution in [0.2, 0.25) is 0 Å². The predicted octanol–water partition coefficient (Wildman–Crippen LogP) is 4.33. The number of nitrogens with one attached hydrogen (secondary N) is 2. The van der Waals surface area contributed by atoms with Crippen LogP contribution in [0.5, 0.6) is 11.5 Å². The third-order valence-electron chi connectivity index (χ3n) is 5.89. The van der Waals surface area contributed by atoms with Gasteiger partial charge in [0.25, 0.3) is 5.56 Å². The Morgan fingerprint density at radius 2 is 1.87 bits per heavy atom. The van der Waals surface area contributed by atoms with Crippen LogP contribution in [0.15, 0.2) is 16.9 Å². The molecule has 170 valence electrons. The molecule has 1 aromatic heterocycles. The van der Waals surface area contributed by atoms with Gasteiger partial charge in [0.05, 0.1) is 24.1 Å². The number of aromatic amines is 1. The van der Waals surface area contributed by atoms with Gasteiger partial charge in [-0.15, -0.1) is 0 Å². The normalized spacial score (nSPS) is 18.7. The first-order valence-electron chi connectivity index (χ1n) is 11.3. The van der Waals surface area contributed by atoms with E-state index in [0.29, 0.717) is 65.7 Å². The molecule has 3 rings (SSSR count). The zero-order valence-corrected chi connectivity index (χ0v) is 19.5. The zero-order valence-electron chi connectivity index (χ0n) is 18.7. The average Bonchev–Trinajstić information content (AvgIpc) is 2.73. The second-order valence-electron chi connectivity index (χ2n) is 8.14. The maximum atomic E-state index is 13.1. The first-order chi connectivity index (χ1) is 14.9. The van der Waals surface area contributed by atoms with Crippen LogP contribution in [0.3, 0.4) is 0 Å². The number of benzene rings is 1. The summed E-state index contributed by atoms with van der Waals surface area (Å²) in [6.07, 6.45) is 5.55. The minimum absolute atomic E-state index is 0.0440. The highest BCUT2D eigenvalue weighted by Gasteiger charge is 2.22. The van der Waals surface area contributed by atoms with Crippen LogP contribution in [0, 0.1) is 10.7 Å². The lowest BCUT2D eigenvalue weighted by molar-refractivity contribution is -0.122. The quantitative estimate of drug-likeness (QED) is 0.559. The van der Waals surface area contributed by atoms with Gasteiger partial charge < -0.3 is 19.8 Å². The molecule has 0 radical (unpaired) electrons. The highest BCUT2D eigenvalue weighted by atomic mass is 32.1. The fourth-order valence-electron chi connectivity index (χ4n) is 4.21. The number of H-pyrrole nitrogens is 1. The molecule has 1 aromatic carbocycles. The summed E-state index contributed by atoms with van der Waals surface area (Å²) in [7, 11) is 0. The Morgan fingerprint density at radius 1 is 1.19 bits per heavy atom. The summed E-state index contributed by atoms with van der Waals surface area (Å²) >= 11 is 5.42. The summed E-state index contributed by atoms with van der Waals surface area (Å²) in [5.41, 5.74) is 0.422. The van der Waals surface area contributed by atoms with Crippen LogP contribution in [-0.4, -0.2) is 34.7 Å². The molecule has 2 N–H and O–H groups in total. The van der Waals surface area contributed by atoms with Gasteiger partial charge in [-0.25, -0.2) is 0 Å². The molecule has 1 amide bonds. The molecule has 0 bridgehead atoms. The Morgan fingerprint density at radius 3 is 2.55 bits per heavy atom. The van der Waals surface area contributed by atoms with E-state index in [0.717, 1.165) is 6.42 Å². The Balaban J connectivity index is 1.73. The van der Waals surface area contributed by atoms with Crippen molar-refractivity contribution in [3.05, 3.63) is 27.3 Å². The Hall–Kier alpha value is -2.35. The lowest BCUT2D eigenvalue weighted by Gasteiger charge is -2.29. The molecule has 31 heavy (non-hydrogen) atoms. The molecule has 2 atom stereocenters. The number of aromatic nitrogens is 2. The smallest absolute Gasteiger partial charge is 0.262 e. The number of hydrogen-bond acceptors (Lipinski definition) is 5. The lowest BCUT2D eigenvalue weighted by atomic mass is 9.86. The largest absolute Gasteiger partial charge is 0.490 e. The van der Waals surface area contributed by atoms with Crippen LogP contribution in [0.4, 0.5) is 0 Å². The molecule has 1 heterocycles. The van der Waals surface area contributed by atoms with E-state index >= 15 is 0 Å². The van der Waals surface area contributed by atoms with Gasteiger partial charge in [0.15, 0.2) is 16.3 Å². The van der Waals surface area contributed by atoms with Crippen molar-refractivity contribution in [3.63, 3.8) is 0 Å². The molecule has 1 saturated carbocycles. The molecule has 1 fully saturated rings. The first-order valence-corrected chi connectivity index (χ1v) is 11.7. The lowest BCUT2D eigenvalue weighted by Crippen LogP contribution is -2.41. The number of carbonyl (C=O) groups is 1. The second-order valence-corrected chi connectivity index (χ2v) is 8.52. The van der Waals surface area contributed by atoms with Gasteiger partial charge in [0, 0.05) is 25.1 Å². The monoisotopic (exact) mass is 447 g/mol. The fraction of sp³-hybridized carbons (Fsp3) is 0.609. The highest BCUT2D eigenvalue weighted by Crippen LogP contribution is 2.31. The maximum absolute atomic E-state index is 13.1. The number of ether oxygens (including phenoxy) is 2. The number of rotatable bonds is 9. The Bertz CT molecular complexity index is 1030. The van der Waals surface area contributed by atoms with Gasteiger partial charge in [-0.1, -0.05) is 19.8 Å². The maximum Gasteiger partial charge on any atom is 0.262 e. The van der Waals surface area contributed by atoms with E-state index in [-0.39, 0.29) is 17.5 Å². The topological polar surface area (TPSA) is 85.4 Å². The van der Waals surface area contributed by atoms with Gasteiger partial charge in [-0.3, -0.25) is 14.2 Å². The molecule has 0 spiro atoms. The van der Waals surface area contributed by atoms with Gasteiger partial charge >= 0.3 is 0 Å². The number of carbonyl (C=O) groups excluding carboxylic acids is 1. The van der Waals surface area contributed by atoms with Crippen molar-refractivity contribution in [2.24, 2.45) is 5.92 Å². The fourth-order valence-corrected chi connectivity index (χ4v) is 4.49. The van der Waals surface area contributed by atoms with Crippen molar-refractivity contribution in [1.29, 1.82) is 0 Å². The molecule has 8 heteroatoms. The zero-order chi connectivity index (χ0) is 22.4. The Labute approximate surface area is 188 Å². The summed E-state index contributed by atoms with van der Waals surface area (Å²) in [4.78, 5) is 28.6. The van der Waals surface area contributed by atoms with Crippen molar-refractivity contribution in [2.75, 3.05) is 13.2 Å². The van der Waals surface area contributed by atoms with E-state index in [4.69, 9.17) is 21.7 Å². The molecular formula is C23H33N3O4S. The molecule has 7 nitrogen and oxygen atoms in total. The van der Waals surface area contributed by atoms with E-state index in [1.807, 2.05) is 13.8 Å². The van der Waals surface area contributed by atoms with Crippen molar-refractivity contribution >= 4 is 29.0 Å². The summed E-state index contributed by atoms with van der Waals surface area (Å²) in [6.45, 7) is 7.32. The molecule has 0 aliphatic heterocycles. The van der Waals surface area contributed by atoms with Crippen LogP contribution < -0.4 is 20.3 Å². The molecule has 1 aliphatic rings. The summed E-state index contributed by atoms with van der Waals surface area (Å²) in [6, 6.07) is 3.72. The van der Waals surface area contributed by atoms with E-state index in [1.165, 1.54) is 23.8 Å². The number of amides is 1. The second kappa shape index (κ2) is 10.8. The number of fused-ring (bicyclic) bond motifs is 1. The molecule has 0 unspecified atom stereocenters. The first kappa shape index (κ1) is 23.3. The van der Waals surface area contributed by atoms with Crippen LogP contribution in [0.1, 0.15) is 59.3 Å². The predicted molar refractivity (Wildman–Crippen MR) is 125 cm³/mol. The van der Waals surface area contributed by atoms with Gasteiger partial charge in [-0.2, -0.15) is 0 Å². The van der Waals surface area contributed by atoms with Crippen LogP contribution in [-0.2, 0) is 11.3 Å². The van der Waals surface area contributed by atoms with Crippen LogP contribution in [0.25, 0.3) is 10.9 Å².